The molecular formula is C28H32ClN3O4S. The van der Waals surface area contributed by atoms with Crippen molar-refractivity contribution in [1.82, 2.24) is 14.9 Å². The van der Waals surface area contributed by atoms with Crippen LogP contribution in [-0.2, 0) is 6.54 Å². The minimum absolute atomic E-state index is 0.149. The largest absolute Gasteiger partial charge is 0.496 e. The van der Waals surface area contributed by atoms with Crippen LogP contribution in [0.5, 0.6) is 11.5 Å². The van der Waals surface area contributed by atoms with Crippen LogP contribution in [-0.4, -0.2) is 52.9 Å². The summed E-state index contributed by atoms with van der Waals surface area (Å²) in [4.78, 5) is 23.7. The van der Waals surface area contributed by atoms with E-state index in [1.807, 2.05) is 29.6 Å². The zero-order valence-corrected chi connectivity index (χ0v) is 22.8. The number of benzene rings is 2. The summed E-state index contributed by atoms with van der Waals surface area (Å²) in [5.74, 6) is 2.43. The molecule has 0 saturated carbocycles. The zero-order chi connectivity index (χ0) is 26.4. The van der Waals surface area contributed by atoms with Gasteiger partial charge in [0.05, 0.1) is 19.0 Å². The van der Waals surface area contributed by atoms with E-state index in [1.165, 1.54) is 11.3 Å². The van der Waals surface area contributed by atoms with Crippen molar-refractivity contribution in [2.75, 3.05) is 26.8 Å². The van der Waals surface area contributed by atoms with E-state index in [9.17, 15) is 9.90 Å². The first kappa shape index (κ1) is 27.1. The standard InChI is InChI=1S/C28H32ClN3O4S/c1-18(2)12-13-32(14-20(33)16-36-21-10-8-19(29)9-11-21)15-25-30-27(34)26-23(17-37-28(26)31-25)22-6-4-5-7-24(22)35-3/h4-11,17-18,20,33H,12-16H2,1-3H3,(H,30,31,34)/t20-/m1/s1. The number of fused-ring (bicyclic) bond motifs is 1. The third kappa shape index (κ3) is 7.11. The van der Waals surface area contributed by atoms with Gasteiger partial charge in [-0.2, -0.15) is 0 Å². The molecule has 2 aromatic heterocycles. The molecule has 2 heterocycles. The molecule has 7 nitrogen and oxygen atoms in total. The van der Waals surface area contributed by atoms with Crippen molar-refractivity contribution in [2.24, 2.45) is 5.92 Å². The molecule has 0 bridgehead atoms. The van der Waals surface area contributed by atoms with Crippen LogP contribution in [0.25, 0.3) is 21.3 Å². The molecule has 0 aliphatic heterocycles. The molecule has 2 aromatic carbocycles. The van der Waals surface area contributed by atoms with Crippen molar-refractivity contribution >= 4 is 33.2 Å². The minimum atomic E-state index is -0.711. The lowest BCUT2D eigenvalue weighted by Gasteiger charge is -2.25. The molecule has 0 saturated heterocycles. The SMILES string of the molecule is COc1ccccc1-c1csc2nc(CN(CCC(C)C)C[C@@H](O)COc3ccc(Cl)cc3)[nH]c(=O)c12. The fraction of sp³-hybridized carbons (Fsp3) is 0.357. The predicted octanol–water partition coefficient (Wildman–Crippen LogP) is 5.60. The second-order valence-electron chi connectivity index (χ2n) is 9.38. The maximum absolute atomic E-state index is 13.2. The van der Waals surface area contributed by atoms with Crippen LogP contribution in [0.3, 0.4) is 0 Å². The van der Waals surface area contributed by atoms with E-state index < -0.39 is 6.10 Å². The Kier molecular flexibility index (Phi) is 9.21. The Morgan fingerprint density at radius 1 is 1.14 bits per heavy atom. The second-order valence-corrected chi connectivity index (χ2v) is 10.7. The maximum atomic E-state index is 13.2. The van der Waals surface area contributed by atoms with Crippen molar-refractivity contribution in [2.45, 2.75) is 32.9 Å². The van der Waals surface area contributed by atoms with Gasteiger partial charge in [-0.3, -0.25) is 9.69 Å². The van der Waals surface area contributed by atoms with Crippen LogP contribution in [0.2, 0.25) is 5.02 Å². The van der Waals surface area contributed by atoms with Crippen molar-refractivity contribution in [3.8, 4) is 22.6 Å². The van der Waals surface area contributed by atoms with Gasteiger partial charge in [0.25, 0.3) is 5.56 Å². The van der Waals surface area contributed by atoms with Crippen LogP contribution < -0.4 is 15.0 Å². The van der Waals surface area contributed by atoms with E-state index in [2.05, 4.69) is 23.7 Å². The number of halogens is 1. The van der Waals surface area contributed by atoms with Gasteiger partial charge in [0.1, 0.15) is 34.9 Å². The van der Waals surface area contributed by atoms with Crippen molar-refractivity contribution < 1.29 is 14.6 Å². The summed E-state index contributed by atoms with van der Waals surface area (Å²) >= 11 is 7.36. The number of methoxy groups -OCH3 is 1. The lowest BCUT2D eigenvalue weighted by molar-refractivity contribution is 0.0631. The smallest absolute Gasteiger partial charge is 0.260 e. The molecular weight excluding hydrogens is 510 g/mol. The van der Waals surface area contributed by atoms with Gasteiger partial charge < -0.3 is 19.6 Å². The highest BCUT2D eigenvalue weighted by molar-refractivity contribution is 7.17. The summed E-state index contributed by atoms with van der Waals surface area (Å²) in [7, 11) is 1.62. The lowest BCUT2D eigenvalue weighted by Crippen LogP contribution is -2.37. The summed E-state index contributed by atoms with van der Waals surface area (Å²) in [5, 5.41) is 13.8. The molecule has 196 valence electrons. The van der Waals surface area contributed by atoms with Gasteiger partial charge in [-0.25, -0.2) is 4.98 Å². The number of thiophene rings is 1. The third-order valence-electron chi connectivity index (χ3n) is 6.01. The Morgan fingerprint density at radius 2 is 1.89 bits per heavy atom. The van der Waals surface area contributed by atoms with Gasteiger partial charge in [-0.05, 0) is 49.2 Å². The Hall–Kier alpha value is -2.91. The van der Waals surface area contributed by atoms with Crippen LogP contribution in [0.15, 0.2) is 58.7 Å². The summed E-state index contributed by atoms with van der Waals surface area (Å²) < 4.78 is 11.2. The first-order valence-electron chi connectivity index (χ1n) is 12.3. The Balaban J connectivity index is 1.51. The first-order chi connectivity index (χ1) is 17.8. The molecule has 4 rings (SSSR count). The molecule has 0 unspecified atom stereocenters. The monoisotopic (exact) mass is 541 g/mol. The molecule has 0 aliphatic carbocycles. The average molecular weight is 542 g/mol. The molecule has 9 heteroatoms. The van der Waals surface area contributed by atoms with Crippen molar-refractivity contribution in [3.05, 3.63) is 75.1 Å². The normalized spacial score (nSPS) is 12.4. The van der Waals surface area contributed by atoms with E-state index in [-0.39, 0.29) is 12.2 Å². The fourth-order valence-electron chi connectivity index (χ4n) is 4.10. The quantitative estimate of drug-likeness (QED) is 0.243. The number of H-pyrrole nitrogens is 1. The number of aromatic amines is 1. The lowest BCUT2D eigenvalue weighted by atomic mass is 10.1. The maximum Gasteiger partial charge on any atom is 0.260 e. The summed E-state index contributed by atoms with van der Waals surface area (Å²) in [6.45, 7) is 6.03. The molecule has 0 amide bonds. The predicted molar refractivity (Wildman–Crippen MR) is 150 cm³/mol. The third-order valence-corrected chi connectivity index (χ3v) is 7.14. The number of rotatable bonds is 12. The molecule has 4 aromatic rings. The number of nitrogens with zero attached hydrogens (tertiary/aromatic N) is 2. The van der Waals surface area contributed by atoms with E-state index >= 15 is 0 Å². The Bertz CT molecular complexity index is 1370. The molecule has 37 heavy (non-hydrogen) atoms. The van der Waals surface area contributed by atoms with E-state index in [0.29, 0.717) is 51.6 Å². The summed E-state index contributed by atoms with van der Waals surface area (Å²) in [5.41, 5.74) is 1.49. The fourth-order valence-corrected chi connectivity index (χ4v) is 5.18. The number of hydrogen-bond acceptors (Lipinski definition) is 7. The summed E-state index contributed by atoms with van der Waals surface area (Å²) in [6, 6.07) is 14.7. The van der Waals surface area contributed by atoms with Gasteiger partial charge in [0.2, 0.25) is 0 Å². The second kappa shape index (κ2) is 12.6. The van der Waals surface area contributed by atoms with Gasteiger partial charge in [0, 0.05) is 28.1 Å². The van der Waals surface area contributed by atoms with Crippen molar-refractivity contribution in [1.29, 1.82) is 0 Å². The molecule has 2 N–H and O–H groups in total. The minimum Gasteiger partial charge on any atom is -0.496 e. The Morgan fingerprint density at radius 3 is 2.62 bits per heavy atom. The van der Waals surface area contributed by atoms with Gasteiger partial charge >= 0.3 is 0 Å². The Labute approximate surface area is 225 Å². The van der Waals surface area contributed by atoms with E-state index in [4.69, 9.17) is 26.1 Å². The van der Waals surface area contributed by atoms with Gasteiger partial charge in [0.15, 0.2) is 0 Å². The van der Waals surface area contributed by atoms with E-state index in [1.54, 1.807) is 31.4 Å². The zero-order valence-electron chi connectivity index (χ0n) is 21.2. The highest BCUT2D eigenvalue weighted by atomic mass is 35.5. The highest BCUT2D eigenvalue weighted by Crippen LogP contribution is 2.36. The number of aliphatic hydroxyl groups excluding tert-OH is 1. The van der Waals surface area contributed by atoms with Crippen LogP contribution in [0.4, 0.5) is 0 Å². The van der Waals surface area contributed by atoms with E-state index in [0.717, 1.165) is 24.1 Å². The van der Waals surface area contributed by atoms with Crippen molar-refractivity contribution in [3.63, 3.8) is 0 Å². The van der Waals surface area contributed by atoms with Gasteiger partial charge in [-0.1, -0.05) is 43.6 Å². The number of aliphatic hydroxyl groups is 1. The number of nitrogens with one attached hydrogen (secondary N) is 1. The number of aromatic nitrogens is 2. The molecule has 0 radical (unpaired) electrons. The molecule has 0 fully saturated rings. The van der Waals surface area contributed by atoms with Crippen LogP contribution in [0, 0.1) is 5.92 Å². The van der Waals surface area contributed by atoms with Crippen LogP contribution >= 0.6 is 22.9 Å². The van der Waals surface area contributed by atoms with Crippen LogP contribution in [0.1, 0.15) is 26.1 Å². The molecule has 1 atom stereocenters. The number of para-hydroxylation sites is 1. The molecule has 0 spiro atoms. The number of hydrogen-bond donors (Lipinski definition) is 2. The topological polar surface area (TPSA) is 87.7 Å². The average Bonchev–Trinajstić information content (AvgIpc) is 3.31. The highest BCUT2D eigenvalue weighted by Gasteiger charge is 2.19. The first-order valence-corrected chi connectivity index (χ1v) is 13.5. The van der Waals surface area contributed by atoms with Gasteiger partial charge in [-0.15, -0.1) is 11.3 Å². The molecule has 0 aliphatic rings. The summed E-state index contributed by atoms with van der Waals surface area (Å²) in [6.07, 6.45) is 0.242. The number of ether oxygens (including phenoxy) is 2.